The quantitative estimate of drug-likeness (QED) is 0.889. The third-order valence-corrected chi connectivity index (χ3v) is 5.54. The molecular weight excluding hydrogens is 288 g/mol. The van der Waals surface area contributed by atoms with E-state index in [0.717, 1.165) is 17.0 Å². The third kappa shape index (κ3) is 2.88. The number of nitrogens with one attached hydrogen (secondary N) is 1. The summed E-state index contributed by atoms with van der Waals surface area (Å²) < 4.78 is 7.80. The van der Waals surface area contributed by atoms with Gasteiger partial charge in [0.25, 0.3) is 0 Å². The molecule has 0 spiro atoms. The zero-order valence-electron chi connectivity index (χ0n) is 15.1. The summed E-state index contributed by atoms with van der Waals surface area (Å²) in [6.07, 6.45) is 4.51. The summed E-state index contributed by atoms with van der Waals surface area (Å²) in [5, 5.41) is 8.25. The Morgan fingerprint density at radius 3 is 2.65 bits per heavy atom. The zero-order chi connectivity index (χ0) is 16.8. The molecule has 126 valence electrons. The second-order valence-electron chi connectivity index (χ2n) is 7.13. The highest BCUT2D eigenvalue weighted by molar-refractivity contribution is 5.42. The van der Waals surface area contributed by atoms with Gasteiger partial charge < -0.3 is 10.1 Å². The lowest BCUT2D eigenvalue weighted by molar-refractivity contribution is -0.0415. The molecule has 1 aliphatic rings. The minimum absolute atomic E-state index is 0.109. The topological polar surface area (TPSA) is 51.5 Å². The number of rotatable bonds is 6. The summed E-state index contributed by atoms with van der Waals surface area (Å²) in [5.74, 6) is 0.665. The Morgan fingerprint density at radius 1 is 1.35 bits per heavy atom. The Bertz CT molecular complexity index is 706. The predicted octanol–water partition coefficient (Wildman–Crippen LogP) is 3.20. The normalized spacial score (nSPS) is 20.4. The molecular formula is C18H28N4O. The summed E-state index contributed by atoms with van der Waals surface area (Å²) in [6.45, 7) is 10.7. The molecule has 0 saturated heterocycles. The first-order valence-corrected chi connectivity index (χ1v) is 8.50. The molecule has 3 atom stereocenters. The average Bonchev–Trinajstić information content (AvgIpc) is 3.29. The maximum absolute atomic E-state index is 5.87. The van der Waals surface area contributed by atoms with Gasteiger partial charge in [-0.25, -0.2) is 9.50 Å². The van der Waals surface area contributed by atoms with Gasteiger partial charge in [0.15, 0.2) is 5.65 Å². The molecule has 1 fully saturated rings. The Morgan fingerprint density at radius 2 is 2.04 bits per heavy atom. The molecule has 5 heteroatoms. The second-order valence-corrected chi connectivity index (χ2v) is 7.13. The van der Waals surface area contributed by atoms with Crippen LogP contribution in [0, 0.1) is 19.8 Å². The van der Waals surface area contributed by atoms with Crippen molar-refractivity contribution in [1.29, 1.82) is 0 Å². The van der Waals surface area contributed by atoms with Crippen LogP contribution in [0.5, 0.6) is 0 Å². The van der Waals surface area contributed by atoms with Gasteiger partial charge in [-0.3, -0.25) is 0 Å². The summed E-state index contributed by atoms with van der Waals surface area (Å²) in [4.78, 5) is 4.55. The molecule has 23 heavy (non-hydrogen) atoms. The minimum Gasteiger partial charge on any atom is -0.377 e. The molecule has 0 aliphatic heterocycles. The van der Waals surface area contributed by atoms with Gasteiger partial charge in [-0.2, -0.15) is 5.10 Å². The smallest absolute Gasteiger partial charge is 0.155 e. The fourth-order valence-electron chi connectivity index (χ4n) is 3.58. The number of nitrogens with zero attached hydrogens (tertiary/aromatic N) is 3. The monoisotopic (exact) mass is 316 g/mol. The highest BCUT2D eigenvalue weighted by Crippen LogP contribution is 2.43. The van der Waals surface area contributed by atoms with Gasteiger partial charge in [-0.15, -0.1) is 0 Å². The van der Waals surface area contributed by atoms with Crippen LogP contribution < -0.4 is 5.32 Å². The van der Waals surface area contributed by atoms with Crippen LogP contribution in [-0.4, -0.2) is 33.4 Å². The summed E-state index contributed by atoms with van der Waals surface area (Å²) >= 11 is 0. The lowest BCUT2D eigenvalue weighted by Crippen LogP contribution is -2.50. The first kappa shape index (κ1) is 16.4. The first-order chi connectivity index (χ1) is 10.9. The van der Waals surface area contributed by atoms with E-state index >= 15 is 0 Å². The van der Waals surface area contributed by atoms with E-state index in [1.54, 1.807) is 0 Å². The molecule has 1 N–H and O–H groups in total. The van der Waals surface area contributed by atoms with Crippen LogP contribution in [0.25, 0.3) is 5.65 Å². The number of hydrogen-bond acceptors (Lipinski definition) is 4. The number of fused-ring (bicyclic) bond motifs is 1. The zero-order valence-corrected chi connectivity index (χ0v) is 15.1. The van der Waals surface area contributed by atoms with Crippen molar-refractivity contribution in [3.8, 4) is 0 Å². The van der Waals surface area contributed by atoms with Crippen molar-refractivity contribution in [1.82, 2.24) is 19.9 Å². The van der Waals surface area contributed by atoms with Gasteiger partial charge in [0, 0.05) is 42.7 Å². The Kier molecular flexibility index (Phi) is 4.19. The lowest BCUT2D eigenvalue weighted by Gasteiger charge is -2.37. The predicted molar refractivity (Wildman–Crippen MR) is 91.6 cm³/mol. The van der Waals surface area contributed by atoms with E-state index in [2.05, 4.69) is 43.1 Å². The van der Waals surface area contributed by atoms with E-state index < -0.39 is 0 Å². The van der Waals surface area contributed by atoms with Crippen molar-refractivity contribution in [2.24, 2.45) is 5.92 Å². The molecule has 2 aromatic heterocycles. The van der Waals surface area contributed by atoms with Crippen LogP contribution in [0.15, 0.2) is 12.3 Å². The molecule has 3 unspecified atom stereocenters. The molecule has 1 aliphatic carbocycles. The third-order valence-electron chi connectivity index (χ3n) is 5.54. The molecule has 0 radical (unpaired) electrons. The van der Waals surface area contributed by atoms with Crippen molar-refractivity contribution in [3.05, 3.63) is 29.2 Å². The summed E-state index contributed by atoms with van der Waals surface area (Å²) in [7, 11) is 1.83. The van der Waals surface area contributed by atoms with Crippen molar-refractivity contribution < 1.29 is 4.74 Å². The van der Waals surface area contributed by atoms with E-state index in [-0.39, 0.29) is 17.7 Å². The Hall–Kier alpha value is -1.46. The number of aryl methyl sites for hydroxylation is 2. The van der Waals surface area contributed by atoms with E-state index in [0.29, 0.717) is 5.92 Å². The Balaban J connectivity index is 1.82. The molecule has 0 bridgehead atoms. The van der Waals surface area contributed by atoms with Crippen molar-refractivity contribution in [2.75, 3.05) is 7.11 Å². The summed E-state index contributed by atoms with van der Waals surface area (Å²) in [5.41, 5.74) is 4.11. The Labute approximate surface area is 138 Å². The number of ether oxygens (including phenoxy) is 1. The van der Waals surface area contributed by atoms with Gasteiger partial charge in [-0.05, 0) is 53.4 Å². The molecule has 2 heterocycles. The van der Waals surface area contributed by atoms with Crippen LogP contribution in [0.1, 0.15) is 56.6 Å². The van der Waals surface area contributed by atoms with Gasteiger partial charge in [0.05, 0.1) is 11.3 Å². The number of aromatic nitrogens is 3. The fourth-order valence-corrected chi connectivity index (χ4v) is 3.58. The highest BCUT2D eigenvalue weighted by atomic mass is 16.5. The standard InChI is InChI=1S/C18H28N4O/c1-11-9-17-19-10-16(13(3)22(17)21-11)12(2)20-14(4)18(5,23-6)15-7-8-15/h9-10,12,14-15,20H,7-8H2,1-6H3. The van der Waals surface area contributed by atoms with E-state index in [9.17, 15) is 0 Å². The van der Waals surface area contributed by atoms with E-state index in [1.807, 2.05) is 30.8 Å². The average molecular weight is 316 g/mol. The first-order valence-electron chi connectivity index (χ1n) is 8.50. The van der Waals surface area contributed by atoms with Crippen LogP contribution >= 0.6 is 0 Å². The molecule has 2 aromatic rings. The van der Waals surface area contributed by atoms with Gasteiger partial charge in [-0.1, -0.05) is 0 Å². The molecule has 3 rings (SSSR count). The van der Waals surface area contributed by atoms with Crippen LogP contribution in [0.3, 0.4) is 0 Å². The van der Waals surface area contributed by atoms with Gasteiger partial charge in [0.1, 0.15) is 0 Å². The molecule has 5 nitrogen and oxygen atoms in total. The largest absolute Gasteiger partial charge is 0.377 e. The van der Waals surface area contributed by atoms with Crippen LogP contribution in [0.2, 0.25) is 0 Å². The molecule has 1 saturated carbocycles. The molecule has 0 aromatic carbocycles. The van der Waals surface area contributed by atoms with Gasteiger partial charge in [0.2, 0.25) is 0 Å². The highest BCUT2D eigenvalue weighted by Gasteiger charge is 2.45. The van der Waals surface area contributed by atoms with Crippen LogP contribution in [-0.2, 0) is 4.74 Å². The lowest BCUT2D eigenvalue weighted by atomic mass is 9.90. The second kappa shape index (κ2) is 5.87. The van der Waals surface area contributed by atoms with E-state index in [4.69, 9.17) is 4.74 Å². The van der Waals surface area contributed by atoms with Crippen molar-refractivity contribution in [2.45, 2.75) is 65.1 Å². The maximum Gasteiger partial charge on any atom is 0.155 e. The maximum atomic E-state index is 5.87. The van der Waals surface area contributed by atoms with Crippen LogP contribution in [0.4, 0.5) is 0 Å². The van der Waals surface area contributed by atoms with Crippen molar-refractivity contribution in [3.63, 3.8) is 0 Å². The molecule has 0 amide bonds. The number of methoxy groups -OCH3 is 1. The SMILES string of the molecule is COC(C)(C1CC1)C(C)NC(C)c1cnc2cc(C)nn2c1C. The summed E-state index contributed by atoms with van der Waals surface area (Å²) in [6, 6.07) is 2.47. The van der Waals surface area contributed by atoms with Crippen molar-refractivity contribution >= 4 is 5.65 Å². The number of hydrogen-bond donors (Lipinski definition) is 1. The van der Waals surface area contributed by atoms with Gasteiger partial charge >= 0.3 is 0 Å². The van der Waals surface area contributed by atoms with E-state index in [1.165, 1.54) is 18.4 Å². The minimum atomic E-state index is -0.109. The fraction of sp³-hybridized carbons (Fsp3) is 0.667.